The van der Waals surface area contributed by atoms with Crippen LogP contribution in [0.25, 0.3) is 0 Å². The summed E-state index contributed by atoms with van der Waals surface area (Å²) in [5.74, 6) is -0.341. The molecule has 1 saturated heterocycles. The third kappa shape index (κ3) is 5.11. The van der Waals surface area contributed by atoms with Crippen LogP contribution in [0.4, 0.5) is 0 Å². The first-order chi connectivity index (χ1) is 12.5. The van der Waals surface area contributed by atoms with Crippen LogP contribution in [0.2, 0.25) is 0 Å². The second kappa shape index (κ2) is 9.43. The quantitative estimate of drug-likeness (QED) is 0.683. The minimum absolute atomic E-state index is 0.0592. The predicted molar refractivity (Wildman–Crippen MR) is 97.4 cm³/mol. The van der Waals surface area contributed by atoms with E-state index in [9.17, 15) is 9.59 Å². The van der Waals surface area contributed by atoms with Gasteiger partial charge in [-0.15, -0.1) is 0 Å². The van der Waals surface area contributed by atoms with Gasteiger partial charge in [0.15, 0.2) is 0 Å². The fourth-order valence-electron chi connectivity index (χ4n) is 3.05. The predicted octanol–water partition coefficient (Wildman–Crippen LogP) is 1.85. The van der Waals surface area contributed by atoms with Gasteiger partial charge in [0.25, 0.3) is 0 Å². The number of hydrogen-bond donors (Lipinski definition) is 1. The molecule has 144 valence electrons. The molecule has 2 rings (SSSR count). The molecule has 1 amide bonds. The van der Waals surface area contributed by atoms with Crippen LogP contribution in [0.1, 0.15) is 25.8 Å². The number of methoxy groups -OCH3 is 1. The molecule has 1 aromatic rings. The number of carbonyl (C=O) groups excluding carboxylic acids is 1. The molecule has 0 radical (unpaired) electrons. The summed E-state index contributed by atoms with van der Waals surface area (Å²) < 4.78 is 11.2. The molecule has 1 aliphatic rings. The normalized spacial score (nSPS) is 17.0. The van der Waals surface area contributed by atoms with Crippen molar-refractivity contribution in [2.45, 2.75) is 26.8 Å². The lowest BCUT2D eigenvalue weighted by Crippen LogP contribution is -2.28. The molecule has 7 nitrogen and oxygen atoms in total. The summed E-state index contributed by atoms with van der Waals surface area (Å²) in [6, 6.07) is 5.50. The molecule has 0 saturated carbocycles. The standard InChI is InChI=1S/C19H28N2O5/c1-4-20(5-2)8-9-26-17-11-16(25-3)7-6-14(17)12-21-13-15(19(23)24)10-18(21)22/h6-7,11,15H,4-5,8-10,12-13H2,1-3H3,(H,23,24). The van der Waals surface area contributed by atoms with Gasteiger partial charge in [-0.1, -0.05) is 13.8 Å². The molecule has 1 fully saturated rings. The first-order valence-electron chi connectivity index (χ1n) is 9.01. The number of likely N-dealkylation sites (N-methyl/N-ethyl adjacent to an activating group) is 1. The van der Waals surface area contributed by atoms with Crippen LogP contribution in [0.3, 0.4) is 0 Å². The highest BCUT2D eigenvalue weighted by Crippen LogP contribution is 2.28. The minimum Gasteiger partial charge on any atom is -0.497 e. The number of carbonyl (C=O) groups is 2. The first kappa shape index (κ1) is 20.0. The summed E-state index contributed by atoms with van der Waals surface area (Å²) in [6.45, 7) is 8.07. The highest BCUT2D eigenvalue weighted by Gasteiger charge is 2.34. The number of carboxylic acids is 1. The number of rotatable bonds is 10. The Hall–Kier alpha value is -2.28. The lowest BCUT2D eigenvalue weighted by atomic mass is 10.1. The molecular formula is C19H28N2O5. The van der Waals surface area contributed by atoms with Crippen LogP contribution in [0.5, 0.6) is 11.5 Å². The van der Waals surface area contributed by atoms with E-state index in [0.717, 1.165) is 25.2 Å². The molecule has 7 heteroatoms. The summed E-state index contributed by atoms with van der Waals surface area (Å²) in [4.78, 5) is 27.1. The first-order valence-corrected chi connectivity index (χ1v) is 9.01. The molecule has 0 spiro atoms. The van der Waals surface area contributed by atoms with Crippen molar-refractivity contribution in [2.75, 3.05) is 39.9 Å². The molecule has 1 aromatic carbocycles. The van der Waals surface area contributed by atoms with Crippen molar-refractivity contribution in [3.05, 3.63) is 23.8 Å². The average Bonchev–Trinajstić information content (AvgIpc) is 3.01. The Balaban J connectivity index is 2.07. The fourth-order valence-corrected chi connectivity index (χ4v) is 3.05. The van der Waals surface area contributed by atoms with Gasteiger partial charge in [0.1, 0.15) is 18.1 Å². The van der Waals surface area contributed by atoms with Crippen LogP contribution in [0.15, 0.2) is 18.2 Å². The van der Waals surface area contributed by atoms with E-state index in [4.69, 9.17) is 14.6 Å². The highest BCUT2D eigenvalue weighted by molar-refractivity contribution is 5.86. The number of ether oxygens (including phenoxy) is 2. The lowest BCUT2D eigenvalue weighted by molar-refractivity contribution is -0.141. The second-order valence-electron chi connectivity index (χ2n) is 6.36. The maximum atomic E-state index is 12.1. The number of likely N-dealkylation sites (tertiary alicyclic amines) is 1. The highest BCUT2D eigenvalue weighted by atomic mass is 16.5. The minimum atomic E-state index is -0.925. The van der Waals surface area contributed by atoms with Crippen molar-refractivity contribution < 1.29 is 24.2 Å². The Morgan fingerprint density at radius 3 is 2.65 bits per heavy atom. The van der Waals surface area contributed by atoms with Crippen molar-refractivity contribution in [1.29, 1.82) is 0 Å². The van der Waals surface area contributed by atoms with E-state index in [-0.39, 0.29) is 18.9 Å². The number of hydrogen-bond acceptors (Lipinski definition) is 5. The molecule has 0 aliphatic carbocycles. The summed E-state index contributed by atoms with van der Waals surface area (Å²) >= 11 is 0. The van der Waals surface area contributed by atoms with Gasteiger partial charge in [-0.3, -0.25) is 9.59 Å². The van der Waals surface area contributed by atoms with Crippen LogP contribution in [0, 0.1) is 5.92 Å². The van der Waals surface area contributed by atoms with Gasteiger partial charge in [-0.25, -0.2) is 0 Å². The third-order valence-corrected chi connectivity index (χ3v) is 4.76. The summed E-state index contributed by atoms with van der Waals surface area (Å²) in [5, 5.41) is 9.13. The molecule has 1 atom stereocenters. The van der Waals surface area contributed by atoms with Gasteiger partial charge < -0.3 is 24.4 Å². The molecule has 26 heavy (non-hydrogen) atoms. The van der Waals surface area contributed by atoms with Gasteiger partial charge >= 0.3 is 5.97 Å². The zero-order valence-corrected chi connectivity index (χ0v) is 15.7. The van der Waals surface area contributed by atoms with Gasteiger partial charge in [0, 0.05) is 37.7 Å². The van der Waals surface area contributed by atoms with E-state index in [1.54, 1.807) is 12.0 Å². The Labute approximate surface area is 154 Å². The number of amides is 1. The smallest absolute Gasteiger partial charge is 0.308 e. The van der Waals surface area contributed by atoms with Gasteiger partial charge in [-0.05, 0) is 25.2 Å². The molecular weight excluding hydrogens is 336 g/mol. The van der Waals surface area contributed by atoms with Crippen LogP contribution >= 0.6 is 0 Å². The summed E-state index contributed by atoms with van der Waals surface area (Å²) in [7, 11) is 1.59. The zero-order valence-electron chi connectivity index (χ0n) is 15.7. The number of benzene rings is 1. The molecule has 0 bridgehead atoms. The Kier molecular flexibility index (Phi) is 7.26. The van der Waals surface area contributed by atoms with E-state index in [2.05, 4.69) is 18.7 Å². The van der Waals surface area contributed by atoms with E-state index < -0.39 is 11.9 Å². The topological polar surface area (TPSA) is 79.3 Å². The monoisotopic (exact) mass is 364 g/mol. The zero-order chi connectivity index (χ0) is 19.1. The van der Waals surface area contributed by atoms with Crippen molar-refractivity contribution in [2.24, 2.45) is 5.92 Å². The second-order valence-corrected chi connectivity index (χ2v) is 6.36. The maximum absolute atomic E-state index is 12.1. The van der Waals surface area contributed by atoms with Crippen molar-refractivity contribution in [3.63, 3.8) is 0 Å². The number of nitrogens with zero attached hydrogens (tertiary/aromatic N) is 2. The fraction of sp³-hybridized carbons (Fsp3) is 0.579. The Morgan fingerprint density at radius 2 is 2.08 bits per heavy atom. The van der Waals surface area contributed by atoms with E-state index in [1.807, 2.05) is 18.2 Å². The molecule has 0 aromatic heterocycles. The third-order valence-electron chi connectivity index (χ3n) is 4.76. The summed E-state index contributed by atoms with van der Waals surface area (Å²) in [5.41, 5.74) is 0.852. The van der Waals surface area contributed by atoms with Crippen LogP contribution < -0.4 is 9.47 Å². The Morgan fingerprint density at radius 1 is 1.35 bits per heavy atom. The van der Waals surface area contributed by atoms with Gasteiger partial charge in [0.2, 0.25) is 5.91 Å². The summed E-state index contributed by atoms with van der Waals surface area (Å²) in [6.07, 6.45) is 0.0592. The van der Waals surface area contributed by atoms with Crippen molar-refractivity contribution in [1.82, 2.24) is 9.80 Å². The SMILES string of the molecule is CCN(CC)CCOc1cc(OC)ccc1CN1CC(C(=O)O)CC1=O. The van der Waals surface area contributed by atoms with E-state index in [1.165, 1.54) is 0 Å². The largest absolute Gasteiger partial charge is 0.497 e. The molecule has 1 unspecified atom stereocenters. The average molecular weight is 364 g/mol. The molecule has 1 heterocycles. The molecule has 1 N–H and O–H groups in total. The Bertz CT molecular complexity index is 630. The van der Waals surface area contributed by atoms with Crippen LogP contribution in [-0.4, -0.2) is 66.7 Å². The van der Waals surface area contributed by atoms with E-state index >= 15 is 0 Å². The van der Waals surface area contributed by atoms with Crippen LogP contribution in [-0.2, 0) is 16.1 Å². The van der Waals surface area contributed by atoms with Crippen molar-refractivity contribution in [3.8, 4) is 11.5 Å². The van der Waals surface area contributed by atoms with E-state index in [0.29, 0.717) is 24.7 Å². The van der Waals surface area contributed by atoms with Crippen molar-refractivity contribution >= 4 is 11.9 Å². The van der Waals surface area contributed by atoms with Gasteiger partial charge in [0.05, 0.1) is 13.0 Å². The number of aliphatic carboxylic acids is 1. The van der Waals surface area contributed by atoms with Gasteiger partial charge in [-0.2, -0.15) is 0 Å². The maximum Gasteiger partial charge on any atom is 0.308 e. The lowest BCUT2D eigenvalue weighted by Gasteiger charge is -2.21. The number of carboxylic acid groups (broad SMARTS) is 1. The molecule has 1 aliphatic heterocycles.